The van der Waals surface area contributed by atoms with Crippen LogP contribution in [0.5, 0.6) is 0 Å². The molecule has 2 N–H and O–H groups in total. The minimum absolute atomic E-state index is 0.154. The molecule has 2 rings (SSSR count). The first-order chi connectivity index (χ1) is 9.83. The van der Waals surface area contributed by atoms with Gasteiger partial charge in [0, 0.05) is 11.8 Å². The Morgan fingerprint density at radius 2 is 2.10 bits per heavy atom. The van der Waals surface area contributed by atoms with E-state index >= 15 is 0 Å². The molecule has 6 nitrogen and oxygen atoms in total. The smallest absolute Gasteiger partial charge is 0.371 e. The van der Waals surface area contributed by atoms with E-state index in [-0.39, 0.29) is 9.56 Å². The van der Waals surface area contributed by atoms with Gasteiger partial charge in [-0.2, -0.15) is 0 Å². The van der Waals surface area contributed by atoms with Crippen molar-refractivity contribution in [2.24, 2.45) is 0 Å². The van der Waals surface area contributed by atoms with Gasteiger partial charge in [0.25, 0.3) is 10.0 Å². The molecule has 8 heteroatoms. The third kappa shape index (κ3) is 3.45. The van der Waals surface area contributed by atoms with Gasteiger partial charge >= 0.3 is 5.97 Å². The zero-order valence-corrected chi connectivity index (χ0v) is 13.4. The maximum Gasteiger partial charge on any atom is 0.371 e. The minimum Gasteiger partial charge on any atom is -0.475 e. The van der Waals surface area contributed by atoms with Crippen molar-refractivity contribution in [3.63, 3.8) is 0 Å². The van der Waals surface area contributed by atoms with Crippen LogP contribution < -0.4 is 4.72 Å². The molecule has 0 unspecified atom stereocenters. The number of furan rings is 1. The van der Waals surface area contributed by atoms with E-state index in [9.17, 15) is 13.2 Å². The molecule has 0 fully saturated rings. The molecule has 0 radical (unpaired) electrons. The van der Waals surface area contributed by atoms with Crippen molar-refractivity contribution in [2.75, 3.05) is 4.72 Å². The van der Waals surface area contributed by atoms with Crippen LogP contribution in [0.15, 0.2) is 44.3 Å². The Balaban J connectivity index is 2.36. The molecular formula is C13H12BrNO5S. The van der Waals surface area contributed by atoms with Crippen LogP contribution in [0.25, 0.3) is 0 Å². The first-order valence-electron chi connectivity index (χ1n) is 5.98. The molecular weight excluding hydrogens is 362 g/mol. The van der Waals surface area contributed by atoms with Gasteiger partial charge in [-0.05, 0) is 40.0 Å². The molecule has 0 saturated carbocycles. The summed E-state index contributed by atoms with van der Waals surface area (Å²) in [5, 5.41) is 8.82. The van der Waals surface area contributed by atoms with Gasteiger partial charge in [-0.25, -0.2) is 13.2 Å². The quantitative estimate of drug-likeness (QED) is 0.838. The monoisotopic (exact) mass is 373 g/mol. The van der Waals surface area contributed by atoms with Crippen LogP contribution in [0.3, 0.4) is 0 Å². The second-order valence-corrected chi connectivity index (χ2v) is 6.58. The van der Waals surface area contributed by atoms with Crippen molar-refractivity contribution in [1.82, 2.24) is 0 Å². The first-order valence-corrected chi connectivity index (χ1v) is 8.25. The summed E-state index contributed by atoms with van der Waals surface area (Å²) >= 11 is 2.91. The van der Waals surface area contributed by atoms with Gasteiger partial charge in [0.1, 0.15) is 4.90 Å². The van der Waals surface area contributed by atoms with E-state index in [1.54, 1.807) is 18.2 Å². The van der Waals surface area contributed by atoms with Gasteiger partial charge in [-0.3, -0.25) is 4.72 Å². The number of sulfonamides is 1. The summed E-state index contributed by atoms with van der Waals surface area (Å²) in [5.41, 5.74) is 1.38. The lowest BCUT2D eigenvalue weighted by Crippen LogP contribution is -2.12. The molecule has 0 saturated heterocycles. The Morgan fingerprint density at radius 1 is 1.38 bits per heavy atom. The lowest BCUT2D eigenvalue weighted by atomic mass is 10.1. The van der Waals surface area contributed by atoms with Crippen LogP contribution in [0.4, 0.5) is 5.69 Å². The van der Waals surface area contributed by atoms with Crippen molar-refractivity contribution < 1.29 is 22.7 Å². The molecule has 1 aromatic heterocycles. The predicted octanol–water partition coefficient (Wildman–Crippen LogP) is 3.10. The Hall–Kier alpha value is -1.80. The van der Waals surface area contributed by atoms with Crippen LogP contribution in [0, 0.1) is 0 Å². The Kier molecular flexibility index (Phi) is 4.38. The SMILES string of the molecule is CCc1cccc(NS(=O)(=O)c2cc(C(=O)O)oc2Br)c1. The van der Waals surface area contributed by atoms with E-state index in [4.69, 9.17) is 9.52 Å². The van der Waals surface area contributed by atoms with Gasteiger partial charge in [-0.15, -0.1) is 0 Å². The summed E-state index contributed by atoms with van der Waals surface area (Å²) in [4.78, 5) is 10.5. The van der Waals surface area contributed by atoms with Gasteiger partial charge in [0.2, 0.25) is 5.76 Å². The lowest BCUT2D eigenvalue weighted by molar-refractivity contribution is 0.0661. The molecule has 21 heavy (non-hydrogen) atoms. The van der Waals surface area contributed by atoms with E-state index in [0.29, 0.717) is 5.69 Å². The number of anilines is 1. The number of carboxylic acids is 1. The van der Waals surface area contributed by atoms with E-state index in [1.165, 1.54) is 0 Å². The standard InChI is InChI=1S/C13H12BrNO5S/c1-2-8-4-3-5-9(6-8)15-21(18,19)11-7-10(13(16)17)20-12(11)14/h3-7,15H,2H2,1H3,(H,16,17). The molecule has 0 atom stereocenters. The highest BCUT2D eigenvalue weighted by Crippen LogP contribution is 2.28. The van der Waals surface area contributed by atoms with Crippen molar-refractivity contribution in [2.45, 2.75) is 18.2 Å². The predicted molar refractivity (Wildman–Crippen MR) is 80.0 cm³/mol. The molecule has 0 amide bonds. The van der Waals surface area contributed by atoms with Crippen molar-refractivity contribution in [3.8, 4) is 0 Å². The van der Waals surface area contributed by atoms with Gasteiger partial charge in [0.05, 0.1) is 0 Å². The van der Waals surface area contributed by atoms with Crippen molar-refractivity contribution in [3.05, 3.63) is 46.3 Å². The lowest BCUT2D eigenvalue weighted by Gasteiger charge is -2.07. The molecule has 1 aromatic carbocycles. The normalized spacial score (nSPS) is 11.3. The summed E-state index contributed by atoms with van der Waals surface area (Å²) in [7, 11) is -3.94. The fourth-order valence-corrected chi connectivity index (χ4v) is 3.70. The second kappa shape index (κ2) is 5.90. The van der Waals surface area contributed by atoms with E-state index in [2.05, 4.69) is 20.7 Å². The first kappa shape index (κ1) is 15.6. The molecule has 1 heterocycles. The van der Waals surface area contributed by atoms with Crippen LogP contribution in [-0.4, -0.2) is 19.5 Å². The molecule has 0 aliphatic rings. The fourth-order valence-electron chi connectivity index (χ4n) is 1.71. The Morgan fingerprint density at radius 3 is 2.67 bits per heavy atom. The number of benzene rings is 1. The summed E-state index contributed by atoms with van der Waals surface area (Å²) in [5.74, 6) is -1.80. The van der Waals surface area contributed by atoms with E-state index in [0.717, 1.165) is 18.1 Å². The van der Waals surface area contributed by atoms with Crippen molar-refractivity contribution in [1.29, 1.82) is 0 Å². The average molecular weight is 374 g/mol. The topological polar surface area (TPSA) is 96.6 Å². The summed E-state index contributed by atoms with van der Waals surface area (Å²) in [6.07, 6.45) is 0.772. The molecule has 112 valence electrons. The van der Waals surface area contributed by atoms with Crippen LogP contribution in [-0.2, 0) is 16.4 Å². The van der Waals surface area contributed by atoms with Gasteiger partial charge in [-0.1, -0.05) is 19.1 Å². The number of carbonyl (C=O) groups is 1. The summed E-state index contributed by atoms with van der Waals surface area (Å²) in [6, 6.07) is 7.91. The highest BCUT2D eigenvalue weighted by Gasteiger charge is 2.25. The molecule has 0 spiro atoms. The number of halogens is 1. The number of hydrogen-bond acceptors (Lipinski definition) is 4. The summed E-state index contributed by atoms with van der Waals surface area (Å²) in [6.45, 7) is 1.96. The minimum atomic E-state index is -3.94. The number of carboxylic acid groups (broad SMARTS) is 1. The number of nitrogens with one attached hydrogen (secondary N) is 1. The molecule has 0 aliphatic carbocycles. The highest BCUT2D eigenvalue weighted by atomic mass is 79.9. The third-order valence-electron chi connectivity index (χ3n) is 2.74. The highest BCUT2D eigenvalue weighted by molar-refractivity contribution is 9.10. The van der Waals surface area contributed by atoms with Crippen LogP contribution >= 0.6 is 15.9 Å². The number of hydrogen-bond donors (Lipinski definition) is 2. The maximum absolute atomic E-state index is 12.3. The number of aryl methyl sites for hydroxylation is 1. The van der Waals surface area contributed by atoms with Crippen LogP contribution in [0.2, 0.25) is 0 Å². The molecule has 2 aromatic rings. The van der Waals surface area contributed by atoms with Gasteiger partial charge < -0.3 is 9.52 Å². The zero-order valence-electron chi connectivity index (χ0n) is 11.0. The summed E-state index contributed by atoms with van der Waals surface area (Å²) < 4.78 is 31.6. The number of rotatable bonds is 5. The third-order valence-corrected chi connectivity index (χ3v) is 4.98. The fraction of sp³-hybridized carbons (Fsp3) is 0.154. The van der Waals surface area contributed by atoms with Gasteiger partial charge in [0.15, 0.2) is 4.67 Å². The average Bonchev–Trinajstić information content (AvgIpc) is 2.81. The molecule has 0 aliphatic heterocycles. The molecule has 0 bridgehead atoms. The zero-order chi connectivity index (χ0) is 15.6. The maximum atomic E-state index is 12.3. The van der Waals surface area contributed by atoms with E-state index < -0.39 is 21.8 Å². The Bertz CT molecular complexity index is 782. The van der Waals surface area contributed by atoms with Crippen LogP contribution in [0.1, 0.15) is 23.0 Å². The number of aromatic carboxylic acids is 1. The Labute approximate surface area is 130 Å². The largest absolute Gasteiger partial charge is 0.475 e. The van der Waals surface area contributed by atoms with E-state index in [1.807, 2.05) is 13.0 Å². The second-order valence-electron chi connectivity index (χ2n) is 4.21. The van der Waals surface area contributed by atoms with Crippen molar-refractivity contribution >= 4 is 37.6 Å².